The molecule has 5 nitrogen and oxygen atoms in total. The first kappa shape index (κ1) is 20.9. The monoisotopic (exact) mass is 622 g/mol. The Bertz CT molecular complexity index is 1250. The molecular weight excluding hydrogens is 606 g/mol. The Labute approximate surface area is 200 Å². The fraction of sp³-hybridized carbons (Fsp3) is 0.0435. The van der Waals surface area contributed by atoms with Crippen molar-refractivity contribution in [1.82, 2.24) is 0 Å². The number of carbonyl (C=O) groups excluding carboxylic acids is 2. The molecule has 0 fully saturated rings. The third kappa shape index (κ3) is 4.51. The summed E-state index contributed by atoms with van der Waals surface area (Å²) >= 11 is 4.33. The summed E-state index contributed by atoms with van der Waals surface area (Å²) in [5.74, 6) is -0.239. The molecule has 0 atom stereocenters. The zero-order valence-corrected chi connectivity index (χ0v) is 20.1. The fourth-order valence-corrected chi connectivity index (χ4v) is 4.10. The van der Waals surface area contributed by atoms with Crippen LogP contribution in [0.3, 0.4) is 0 Å². The highest BCUT2D eigenvalue weighted by Gasteiger charge is 2.15. The van der Waals surface area contributed by atoms with Crippen LogP contribution in [-0.4, -0.2) is 11.8 Å². The van der Waals surface area contributed by atoms with Crippen molar-refractivity contribution in [2.45, 2.75) is 6.92 Å². The van der Waals surface area contributed by atoms with Crippen molar-refractivity contribution in [2.75, 3.05) is 10.6 Å². The van der Waals surface area contributed by atoms with E-state index in [1.54, 1.807) is 18.2 Å². The molecule has 7 heteroatoms. The zero-order chi connectivity index (χ0) is 21.3. The molecule has 3 aromatic carbocycles. The van der Waals surface area contributed by atoms with Gasteiger partial charge in [-0.05, 0) is 106 Å². The number of halogens is 2. The molecule has 30 heavy (non-hydrogen) atoms. The van der Waals surface area contributed by atoms with Crippen LogP contribution < -0.4 is 10.6 Å². The zero-order valence-electron chi connectivity index (χ0n) is 15.8. The number of para-hydroxylation sites is 1. The molecule has 1 aromatic heterocycles. The standard InChI is InChI=1S/C23H16I2N2O3/c1-13-10-16(26-22(28)17-12-15(24)6-8-18(17)25)7-9-19(13)27-23(29)21-11-14-4-2-3-5-20(14)30-21/h2-12H,1H3,(H,26,28)(H,27,29). The molecule has 0 radical (unpaired) electrons. The third-order valence-electron chi connectivity index (χ3n) is 4.55. The van der Waals surface area contributed by atoms with Gasteiger partial charge in [-0.25, -0.2) is 0 Å². The topological polar surface area (TPSA) is 71.3 Å². The molecule has 0 spiro atoms. The molecule has 4 rings (SSSR count). The minimum atomic E-state index is -0.320. The second-order valence-electron chi connectivity index (χ2n) is 6.71. The molecule has 0 saturated heterocycles. The van der Waals surface area contributed by atoms with Crippen molar-refractivity contribution < 1.29 is 14.0 Å². The smallest absolute Gasteiger partial charge is 0.291 e. The van der Waals surface area contributed by atoms with Crippen LogP contribution in [-0.2, 0) is 0 Å². The van der Waals surface area contributed by atoms with Gasteiger partial charge in [0.05, 0.1) is 5.56 Å². The number of carbonyl (C=O) groups is 2. The van der Waals surface area contributed by atoms with Gasteiger partial charge < -0.3 is 15.1 Å². The Morgan fingerprint density at radius 3 is 2.43 bits per heavy atom. The van der Waals surface area contributed by atoms with Gasteiger partial charge >= 0.3 is 0 Å². The molecule has 150 valence electrons. The summed E-state index contributed by atoms with van der Waals surface area (Å²) in [4.78, 5) is 25.2. The van der Waals surface area contributed by atoms with E-state index in [0.29, 0.717) is 22.5 Å². The van der Waals surface area contributed by atoms with Gasteiger partial charge in [0.1, 0.15) is 5.58 Å². The Morgan fingerprint density at radius 2 is 1.67 bits per heavy atom. The Kier molecular flexibility index (Phi) is 6.09. The van der Waals surface area contributed by atoms with Crippen LogP contribution in [0, 0.1) is 14.1 Å². The number of hydrogen-bond donors (Lipinski definition) is 2. The van der Waals surface area contributed by atoms with Gasteiger partial charge in [-0.3, -0.25) is 9.59 Å². The summed E-state index contributed by atoms with van der Waals surface area (Å²) in [5.41, 5.74) is 3.44. The van der Waals surface area contributed by atoms with E-state index in [1.165, 1.54) is 0 Å². The van der Waals surface area contributed by atoms with Gasteiger partial charge in [0.15, 0.2) is 5.76 Å². The van der Waals surface area contributed by atoms with Crippen molar-refractivity contribution in [3.05, 3.63) is 90.8 Å². The van der Waals surface area contributed by atoms with Crippen molar-refractivity contribution in [3.63, 3.8) is 0 Å². The molecule has 0 unspecified atom stereocenters. The van der Waals surface area contributed by atoms with Gasteiger partial charge in [-0.15, -0.1) is 0 Å². The lowest BCUT2D eigenvalue weighted by atomic mass is 10.1. The average molecular weight is 622 g/mol. The van der Waals surface area contributed by atoms with Crippen LogP contribution in [0.2, 0.25) is 0 Å². The predicted octanol–water partition coefficient (Wildman–Crippen LogP) is 6.46. The van der Waals surface area contributed by atoms with E-state index in [4.69, 9.17) is 4.42 Å². The SMILES string of the molecule is Cc1cc(NC(=O)c2cc(I)ccc2I)ccc1NC(=O)c1cc2ccccc2o1. The number of aryl methyl sites for hydroxylation is 1. The van der Waals surface area contributed by atoms with E-state index in [9.17, 15) is 9.59 Å². The number of furan rings is 1. The molecule has 0 aliphatic rings. The lowest BCUT2D eigenvalue weighted by Gasteiger charge is -2.11. The van der Waals surface area contributed by atoms with E-state index in [1.807, 2.05) is 55.5 Å². The van der Waals surface area contributed by atoms with Gasteiger partial charge in [0.2, 0.25) is 0 Å². The first-order chi connectivity index (χ1) is 14.4. The summed E-state index contributed by atoms with van der Waals surface area (Å²) in [5, 5.41) is 6.66. The van der Waals surface area contributed by atoms with Gasteiger partial charge in [-0.1, -0.05) is 18.2 Å². The van der Waals surface area contributed by atoms with Crippen molar-refractivity contribution in [1.29, 1.82) is 0 Å². The minimum absolute atomic E-state index is 0.170. The number of benzene rings is 3. The molecule has 0 saturated carbocycles. The number of nitrogens with one attached hydrogen (secondary N) is 2. The van der Waals surface area contributed by atoms with Crippen LogP contribution in [0.15, 0.2) is 71.1 Å². The van der Waals surface area contributed by atoms with Gasteiger partial charge in [0.25, 0.3) is 11.8 Å². The normalized spacial score (nSPS) is 10.8. The summed E-state index contributed by atoms with van der Waals surface area (Å²) in [6, 6.07) is 20.3. The highest BCUT2D eigenvalue weighted by molar-refractivity contribution is 14.1. The predicted molar refractivity (Wildman–Crippen MR) is 135 cm³/mol. The Hall–Kier alpha value is -2.40. The maximum atomic E-state index is 12.6. The van der Waals surface area contributed by atoms with Gasteiger partial charge in [0, 0.05) is 23.9 Å². The molecule has 1 heterocycles. The Morgan fingerprint density at radius 1 is 0.867 bits per heavy atom. The highest BCUT2D eigenvalue weighted by atomic mass is 127. The van der Waals surface area contributed by atoms with E-state index >= 15 is 0 Å². The largest absolute Gasteiger partial charge is 0.451 e. The second-order valence-corrected chi connectivity index (χ2v) is 9.12. The van der Waals surface area contributed by atoms with Crippen LogP contribution >= 0.6 is 45.2 Å². The first-order valence-electron chi connectivity index (χ1n) is 9.08. The molecule has 0 bridgehead atoms. The lowest BCUT2D eigenvalue weighted by Crippen LogP contribution is -2.15. The number of fused-ring (bicyclic) bond motifs is 1. The molecule has 0 aliphatic carbocycles. The summed E-state index contributed by atoms with van der Waals surface area (Å²) in [6.45, 7) is 1.87. The maximum absolute atomic E-state index is 12.6. The first-order valence-corrected chi connectivity index (χ1v) is 11.2. The van der Waals surface area contributed by atoms with Crippen molar-refractivity contribution >= 4 is 79.3 Å². The van der Waals surface area contributed by atoms with E-state index in [2.05, 4.69) is 55.8 Å². The van der Waals surface area contributed by atoms with Gasteiger partial charge in [-0.2, -0.15) is 0 Å². The molecule has 2 N–H and O–H groups in total. The molecular formula is C23H16I2N2O3. The third-order valence-corrected chi connectivity index (χ3v) is 6.17. The van der Waals surface area contributed by atoms with E-state index < -0.39 is 0 Å². The maximum Gasteiger partial charge on any atom is 0.291 e. The van der Waals surface area contributed by atoms with Crippen LogP contribution in [0.25, 0.3) is 11.0 Å². The molecule has 2 amide bonds. The minimum Gasteiger partial charge on any atom is -0.451 e. The number of rotatable bonds is 4. The lowest BCUT2D eigenvalue weighted by molar-refractivity contribution is 0.0996. The quantitative estimate of drug-likeness (QED) is 0.257. The Balaban J connectivity index is 1.49. The summed E-state index contributed by atoms with van der Waals surface area (Å²) in [7, 11) is 0. The van der Waals surface area contributed by atoms with E-state index in [-0.39, 0.29) is 17.6 Å². The molecule has 0 aliphatic heterocycles. The average Bonchev–Trinajstić information content (AvgIpc) is 3.16. The van der Waals surface area contributed by atoms with E-state index in [0.717, 1.165) is 18.1 Å². The van der Waals surface area contributed by atoms with Crippen molar-refractivity contribution in [3.8, 4) is 0 Å². The number of anilines is 2. The number of hydrogen-bond acceptors (Lipinski definition) is 3. The number of amides is 2. The second kappa shape index (κ2) is 8.76. The fourth-order valence-electron chi connectivity index (χ4n) is 3.03. The van der Waals surface area contributed by atoms with Crippen LogP contribution in [0.1, 0.15) is 26.5 Å². The van der Waals surface area contributed by atoms with Crippen molar-refractivity contribution in [2.24, 2.45) is 0 Å². The molecule has 4 aromatic rings. The van der Waals surface area contributed by atoms with Crippen LogP contribution in [0.5, 0.6) is 0 Å². The highest BCUT2D eigenvalue weighted by Crippen LogP contribution is 2.24. The van der Waals surface area contributed by atoms with Crippen LogP contribution in [0.4, 0.5) is 11.4 Å². The summed E-state index contributed by atoms with van der Waals surface area (Å²) < 4.78 is 7.50. The summed E-state index contributed by atoms with van der Waals surface area (Å²) in [6.07, 6.45) is 0.